The maximum absolute atomic E-state index is 11.2. The summed E-state index contributed by atoms with van der Waals surface area (Å²) in [5.41, 5.74) is 1.63. The lowest BCUT2D eigenvalue weighted by Gasteiger charge is -2.07. The zero-order chi connectivity index (χ0) is 15.0. The van der Waals surface area contributed by atoms with E-state index in [0.29, 0.717) is 22.1 Å². The number of para-hydroxylation sites is 1. The number of non-ortho nitro benzene ring substituents is 1. The largest absolute Gasteiger partial charge is 0.337 e. The molecule has 0 amide bonds. The molecular formula is C15H10Cl2N2O2. The molecular weight excluding hydrogens is 311 g/mol. The second-order valence-corrected chi connectivity index (χ2v) is 5.48. The van der Waals surface area contributed by atoms with E-state index < -0.39 is 0 Å². The van der Waals surface area contributed by atoms with E-state index in [-0.39, 0.29) is 10.6 Å². The first kappa shape index (κ1) is 13.9. The third kappa shape index (κ3) is 2.60. The van der Waals surface area contributed by atoms with Gasteiger partial charge in [-0.2, -0.15) is 0 Å². The lowest BCUT2D eigenvalue weighted by molar-refractivity contribution is -0.383. The minimum Gasteiger partial charge on any atom is -0.337 e. The van der Waals surface area contributed by atoms with Crippen LogP contribution in [0.3, 0.4) is 0 Å². The maximum Gasteiger partial charge on any atom is 0.293 e. The van der Waals surface area contributed by atoms with Crippen LogP contribution in [0.1, 0.15) is 5.56 Å². The van der Waals surface area contributed by atoms with Crippen LogP contribution in [0.4, 0.5) is 5.69 Å². The van der Waals surface area contributed by atoms with Crippen molar-refractivity contribution in [2.24, 2.45) is 0 Å². The highest BCUT2D eigenvalue weighted by Crippen LogP contribution is 2.28. The monoisotopic (exact) mass is 320 g/mol. The quantitative estimate of drug-likeness (QED) is 0.508. The van der Waals surface area contributed by atoms with Crippen LogP contribution < -0.4 is 0 Å². The molecule has 4 nitrogen and oxygen atoms in total. The summed E-state index contributed by atoms with van der Waals surface area (Å²) in [7, 11) is 0. The maximum atomic E-state index is 11.2. The van der Waals surface area contributed by atoms with Crippen molar-refractivity contribution in [1.29, 1.82) is 0 Å². The molecule has 1 aromatic heterocycles. The van der Waals surface area contributed by atoms with Crippen molar-refractivity contribution >= 4 is 39.8 Å². The van der Waals surface area contributed by atoms with Gasteiger partial charge in [0.05, 0.1) is 15.0 Å². The van der Waals surface area contributed by atoms with E-state index in [0.717, 1.165) is 10.9 Å². The molecule has 0 unspecified atom stereocenters. The van der Waals surface area contributed by atoms with E-state index in [1.165, 1.54) is 6.07 Å². The molecule has 3 aromatic rings. The predicted octanol–water partition coefficient (Wildman–Crippen LogP) is 4.90. The van der Waals surface area contributed by atoms with Gasteiger partial charge < -0.3 is 4.57 Å². The van der Waals surface area contributed by atoms with E-state index in [2.05, 4.69) is 0 Å². The van der Waals surface area contributed by atoms with Crippen molar-refractivity contribution in [3.63, 3.8) is 0 Å². The van der Waals surface area contributed by atoms with Gasteiger partial charge in [0.2, 0.25) is 0 Å². The predicted molar refractivity (Wildman–Crippen MR) is 84.2 cm³/mol. The smallest absolute Gasteiger partial charge is 0.293 e. The molecule has 1 heterocycles. The number of hydrogen-bond donors (Lipinski definition) is 0. The summed E-state index contributed by atoms with van der Waals surface area (Å²) in [4.78, 5) is 10.8. The van der Waals surface area contributed by atoms with Crippen molar-refractivity contribution < 1.29 is 4.92 Å². The van der Waals surface area contributed by atoms with E-state index in [9.17, 15) is 10.1 Å². The zero-order valence-electron chi connectivity index (χ0n) is 10.8. The molecule has 6 heteroatoms. The van der Waals surface area contributed by atoms with Crippen LogP contribution >= 0.6 is 23.2 Å². The molecule has 21 heavy (non-hydrogen) atoms. The number of fused-ring (bicyclic) bond motifs is 1. The van der Waals surface area contributed by atoms with Gasteiger partial charge in [0.25, 0.3) is 5.69 Å². The van der Waals surface area contributed by atoms with Crippen LogP contribution in [0.5, 0.6) is 0 Å². The molecule has 0 spiro atoms. The summed E-state index contributed by atoms with van der Waals surface area (Å²) in [5, 5.41) is 13.0. The molecule has 0 atom stereocenters. The highest BCUT2D eigenvalue weighted by atomic mass is 35.5. The van der Waals surface area contributed by atoms with Gasteiger partial charge >= 0.3 is 0 Å². The molecule has 3 rings (SSSR count). The summed E-state index contributed by atoms with van der Waals surface area (Å²) in [6.07, 6.45) is 1.83. The normalized spacial score (nSPS) is 11.0. The van der Waals surface area contributed by atoms with Gasteiger partial charge in [0, 0.05) is 24.2 Å². The Bertz CT molecular complexity index is 843. The molecule has 0 aliphatic carbocycles. The fourth-order valence-corrected chi connectivity index (χ4v) is 2.68. The van der Waals surface area contributed by atoms with E-state index >= 15 is 0 Å². The van der Waals surface area contributed by atoms with Crippen molar-refractivity contribution in [2.75, 3.05) is 0 Å². The van der Waals surface area contributed by atoms with E-state index in [1.807, 2.05) is 29.0 Å². The van der Waals surface area contributed by atoms with Gasteiger partial charge in [-0.15, -0.1) is 0 Å². The van der Waals surface area contributed by atoms with Crippen LogP contribution in [0, 0.1) is 10.1 Å². The first-order valence-electron chi connectivity index (χ1n) is 6.22. The van der Waals surface area contributed by atoms with E-state index in [4.69, 9.17) is 23.2 Å². The summed E-state index contributed by atoms with van der Waals surface area (Å²) in [5.74, 6) is 0. The Labute approximate surface area is 130 Å². The molecule has 0 N–H and O–H groups in total. The second-order valence-electron chi connectivity index (χ2n) is 4.66. The zero-order valence-corrected chi connectivity index (χ0v) is 12.3. The lowest BCUT2D eigenvalue weighted by atomic mass is 10.2. The fraction of sp³-hybridized carbons (Fsp3) is 0.0667. The summed E-state index contributed by atoms with van der Waals surface area (Å²) >= 11 is 11.9. The second kappa shape index (κ2) is 5.39. The minimum atomic E-state index is -0.367. The molecule has 0 aliphatic heterocycles. The Morgan fingerprint density at radius 2 is 1.90 bits per heavy atom. The molecule has 2 aromatic carbocycles. The number of nitrogens with zero attached hydrogens (tertiary/aromatic N) is 2. The molecule has 0 fully saturated rings. The van der Waals surface area contributed by atoms with Gasteiger partial charge in [-0.05, 0) is 23.8 Å². The highest BCUT2D eigenvalue weighted by Gasteiger charge is 2.15. The molecule has 0 radical (unpaired) electrons. The summed E-state index contributed by atoms with van der Waals surface area (Å²) in [6, 6.07) is 12.3. The Kier molecular flexibility index (Phi) is 3.57. The minimum absolute atomic E-state index is 0.0950. The highest BCUT2D eigenvalue weighted by molar-refractivity contribution is 6.42. The molecule has 106 valence electrons. The third-order valence-electron chi connectivity index (χ3n) is 3.30. The van der Waals surface area contributed by atoms with Gasteiger partial charge in [-0.1, -0.05) is 41.4 Å². The summed E-state index contributed by atoms with van der Waals surface area (Å²) < 4.78 is 1.84. The van der Waals surface area contributed by atoms with Crippen molar-refractivity contribution in [1.82, 2.24) is 4.57 Å². The number of nitro benzene ring substituents is 1. The topological polar surface area (TPSA) is 48.1 Å². The number of hydrogen-bond acceptors (Lipinski definition) is 2. The SMILES string of the molecule is O=[N+]([O-])c1cccc2ccn(Cc3ccc(Cl)c(Cl)c3)c12. The Hall–Kier alpha value is -2.04. The van der Waals surface area contributed by atoms with Crippen LogP contribution in [-0.4, -0.2) is 9.49 Å². The average Bonchev–Trinajstić information content (AvgIpc) is 2.86. The molecule has 0 saturated heterocycles. The standard InChI is InChI=1S/C15H10Cl2N2O2/c16-12-5-4-10(8-13(12)17)9-18-7-6-11-2-1-3-14(15(11)18)19(20)21/h1-8H,9H2. The Morgan fingerprint density at radius 1 is 1.10 bits per heavy atom. The first-order chi connectivity index (χ1) is 10.1. The average molecular weight is 321 g/mol. The lowest BCUT2D eigenvalue weighted by Crippen LogP contribution is -2.00. The van der Waals surface area contributed by atoms with Gasteiger partial charge in [0.15, 0.2) is 0 Å². The van der Waals surface area contributed by atoms with Crippen LogP contribution in [0.25, 0.3) is 10.9 Å². The number of aromatic nitrogens is 1. The van der Waals surface area contributed by atoms with Crippen LogP contribution in [-0.2, 0) is 6.54 Å². The Balaban J connectivity index is 2.08. The number of halogens is 2. The van der Waals surface area contributed by atoms with Gasteiger partial charge in [-0.3, -0.25) is 10.1 Å². The van der Waals surface area contributed by atoms with Crippen LogP contribution in [0.2, 0.25) is 10.0 Å². The third-order valence-corrected chi connectivity index (χ3v) is 4.04. The number of benzene rings is 2. The van der Waals surface area contributed by atoms with Crippen molar-refractivity contribution in [2.45, 2.75) is 6.54 Å². The molecule has 0 aliphatic rings. The Morgan fingerprint density at radius 3 is 2.62 bits per heavy atom. The van der Waals surface area contributed by atoms with E-state index in [1.54, 1.807) is 18.2 Å². The van der Waals surface area contributed by atoms with Gasteiger partial charge in [0.1, 0.15) is 5.52 Å². The number of rotatable bonds is 3. The summed E-state index contributed by atoms with van der Waals surface area (Å²) in [6.45, 7) is 0.491. The number of nitro groups is 1. The van der Waals surface area contributed by atoms with Gasteiger partial charge in [-0.25, -0.2) is 0 Å². The first-order valence-corrected chi connectivity index (χ1v) is 6.98. The fourth-order valence-electron chi connectivity index (χ4n) is 2.35. The van der Waals surface area contributed by atoms with Crippen molar-refractivity contribution in [3.8, 4) is 0 Å². The molecule has 0 saturated carbocycles. The van der Waals surface area contributed by atoms with Crippen molar-refractivity contribution in [3.05, 3.63) is 74.4 Å². The molecule has 0 bridgehead atoms. The van der Waals surface area contributed by atoms with Crippen LogP contribution in [0.15, 0.2) is 48.7 Å².